The molecule has 4 N–H and O–H groups in total. The van der Waals surface area contributed by atoms with Crippen molar-refractivity contribution in [3.05, 3.63) is 0 Å². The van der Waals surface area contributed by atoms with Crippen molar-refractivity contribution in [1.29, 1.82) is 0 Å². The van der Waals surface area contributed by atoms with E-state index in [0.717, 1.165) is 78.0 Å². The molecule has 8 heteroatoms. The summed E-state index contributed by atoms with van der Waals surface area (Å²) < 4.78 is 23.9. The van der Waals surface area contributed by atoms with Gasteiger partial charge in [-0.2, -0.15) is 0 Å². The topological polar surface area (TPSA) is 85.0 Å². The van der Waals surface area contributed by atoms with Gasteiger partial charge in [-0.25, -0.2) is 0 Å². The van der Waals surface area contributed by atoms with Gasteiger partial charge in [0.15, 0.2) is 0 Å². The molecule has 176 valence electrons. The Morgan fingerprint density at radius 1 is 0.414 bits per heavy atom. The van der Waals surface area contributed by atoms with Crippen LogP contribution in [0.15, 0.2) is 0 Å². The van der Waals surface area contributed by atoms with Gasteiger partial charge in [0.1, 0.15) is 0 Å². The Morgan fingerprint density at radius 3 is 0.862 bits per heavy atom. The Morgan fingerprint density at radius 2 is 0.655 bits per heavy atom. The van der Waals surface area contributed by atoms with Gasteiger partial charge in [0, 0.05) is 26.2 Å². The predicted molar refractivity (Wildman–Crippen MR) is 119 cm³/mol. The van der Waals surface area contributed by atoms with Crippen molar-refractivity contribution in [2.24, 2.45) is 0 Å². The Balaban J connectivity index is 4.69. The molecule has 0 aromatic carbocycles. The Hall–Kier alpha value is -0.320. The molecule has 0 saturated heterocycles. The highest BCUT2D eigenvalue weighted by atomic mass is 17.0. The Kier molecular flexibility index (Phi) is 22.1. The van der Waals surface area contributed by atoms with Crippen LogP contribution in [0.2, 0.25) is 0 Å². The fourth-order valence-corrected chi connectivity index (χ4v) is 2.45. The van der Waals surface area contributed by atoms with Crippen LogP contribution >= 0.6 is 0 Å². The largest absolute Gasteiger partial charge is 0.412 e. The fraction of sp³-hybridized carbons (Fsp3) is 1.00. The molecule has 0 spiro atoms. The third-order valence-electron chi connectivity index (χ3n) is 3.94. The SMILES string of the molecule is CCCNCCOC(OCCNCCC)(OCCNCCC)OCCNCCC. The molecule has 0 radical (unpaired) electrons. The highest BCUT2D eigenvalue weighted by molar-refractivity contribution is 4.54. The molecule has 0 bridgehead atoms. The zero-order chi connectivity index (χ0) is 21.5. The molecule has 0 aliphatic carbocycles. The summed E-state index contributed by atoms with van der Waals surface area (Å²) in [5, 5.41) is 13.3. The van der Waals surface area contributed by atoms with Crippen LogP contribution in [-0.2, 0) is 18.9 Å². The third-order valence-corrected chi connectivity index (χ3v) is 3.94. The first-order chi connectivity index (χ1) is 14.2. The van der Waals surface area contributed by atoms with Gasteiger partial charge in [-0.05, 0) is 51.9 Å². The molecule has 0 amide bonds. The molecule has 0 aliphatic rings. The maximum Gasteiger partial charge on any atom is 0.412 e. The van der Waals surface area contributed by atoms with Gasteiger partial charge in [0.05, 0.1) is 26.4 Å². The van der Waals surface area contributed by atoms with Crippen LogP contribution in [0.4, 0.5) is 0 Å². The molecule has 0 heterocycles. The first-order valence-corrected chi connectivity index (χ1v) is 11.6. The maximum atomic E-state index is 5.98. The van der Waals surface area contributed by atoms with E-state index in [1.165, 1.54) is 0 Å². The minimum absolute atomic E-state index is 0.452. The van der Waals surface area contributed by atoms with Crippen molar-refractivity contribution in [2.45, 2.75) is 59.5 Å². The van der Waals surface area contributed by atoms with E-state index in [1.807, 2.05) is 0 Å². The summed E-state index contributed by atoms with van der Waals surface area (Å²) >= 11 is 0. The minimum Gasteiger partial charge on any atom is -0.314 e. The summed E-state index contributed by atoms with van der Waals surface area (Å²) in [4.78, 5) is 0. The van der Waals surface area contributed by atoms with Crippen molar-refractivity contribution in [1.82, 2.24) is 21.3 Å². The quantitative estimate of drug-likeness (QED) is 0.139. The number of rotatable bonds is 24. The van der Waals surface area contributed by atoms with E-state index in [9.17, 15) is 0 Å². The fourth-order valence-electron chi connectivity index (χ4n) is 2.45. The number of ether oxygens (including phenoxy) is 4. The van der Waals surface area contributed by atoms with Crippen molar-refractivity contribution in [3.63, 3.8) is 0 Å². The lowest BCUT2D eigenvalue weighted by atomic mass is 10.5. The van der Waals surface area contributed by atoms with Crippen molar-refractivity contribution < 1.29 is 18.9 Å². The first kappa shape index (κ1) is 28.7. The lowest BCUT2D eigenvalue weighted by Gasteiger charge is -2.32. The molecule has 0 fully saturated rings. The molecule has 0 atom stereocenters. The highest BCUT2D eigenvalue weighted by Gasteiger charge is 2.35. The van der Waals surface area contributed by atoms with Crippen LogP contribution in [0.3, 0.4) is 0 Å². The smallest absolute Gasteiger partial charge is 0.314 e. The first-order valence-electron chi connectivity index (χ1n) is 11.6. The number of nitrogens with one attached hydrogen (secondary N) is 4. The summed E-state index contributed by atoms with van der Waals surface area (Å²) in [5.41, 5.74) is 0. The van der Waals surface area contributed by atoms with Crippen LogP contribution in [0.5, 0.6) is 0 Å². The van der Waals surface area contributed by atoms with Crippen LogP contribution in [0.1, 0.15) is 53.4 Å². The van der Waals surface area contributed by atoms with Gasteiger partial charge in [-0.15, -0.1) is 0 Å². The van der Waals surface area contributed by atoms with Crippen LogP contribution in [-0.4, -0.2) is 84.9 Å². The molecular weight excluding hydrogens is 372 g/mol. The second-order valence-electron chi connectivity index (χ2n) is 6.89. The molecule has 0 rings (SSSR count). The molecule has 0 aliphatic heterocycles. The van der Waals surface area contributed by atoms with Gasteiger partial charge >= 0.3 is 6.16 Å². The van der Waals surface area contributed by atoms with Crippen LogP contribution < -0.4 is 21.3 Å². The molecule has 0 unspecified atom stereocenters. The second-order valence-corrected chi connectivity index (χ2v) is 6.89. The molecule has 0 aromatic rings. The summed E-state index contributed by atoms with van der Waals surface area (Å²) in [5.74, 6) is 0. The predicted octanol–water partition coefficient (Wildman–Crippen LogP) is 1.66. The lowest BCUT2D eigenvalue weighted by Crippen LogP contribution is -2.47. The molecular formula is C21H48N4O4. The zero-order valence-corrected chi connectivity index (χ0v) is 19.4. The van der Waals surface area contributed by atoms with Gasteiger partial charge in [-0.3, -0.25) is 0 Å². The monoisotopic (exact) mass is 420 g/mol. The number of hydrogen-bond donors (Lipinski definition) is 4. The van der Waals surface area contributed by atoms with Crippen molar-refractivity contribution >= 4 is 0 Å². The molecule has 29 heavy (non-hydrogen) atoms. The Bertz CT molecular complexity index is 264. The standard InChI is InChI=1S/C21H48N4O4/c1-5-9-22-13-17-26-21(27-18-14-23-10-6-2,28-19-15-24-11-7-3)29-20-16-25-12-8-4/h22-25H,5-20H2,1-4H3. The van der Waals surface area contributed by atoms with Gasteiger partial charge < -0.3 is 40.2 Å². The van der Waals surface area contributed by atoms with E-state index in [4.69, 9.17) is 18.9 Å². The van der Waals surface area contributed by atoms with Gasteiger partial charge in [-0.1, -0.05) is 27.7 Å². The zero-order valence-electron chi connectivity index (χ0n) is 19.4. The van der Waals surface area contributed by atoms with Crippen molar-refractivity contribution in [2.75, 3.05) is 78.8 Å². The summed E-state index contributed by atoms with van der Waals surface area (Å²) in [6, 6.07) is 0. The highest BCUT2D eigenvalue weighted by Crippen LogP contribution is 2.17. The van der Waals surface area contributed by atoms with E-state index in [0.29, 0.717) is 26.4 Å². The third kappa shape index (κ3) is 18.2. The van der Waals surface area contributed by atoms with Crippen LogP contribution in [0, 0.1) is 0 Å². The summed E-state index contributed by atoms with van der Waals surface area (Å²) in [6.45, 7) is 17.1. The molecule has 0 saturated carbocycles. The van der Waals surface area contributed by atoms with E-state index >= 15 is 0 Å². The molecule has 8 nitrogen and oxygen atoms in total. The van der Waals surface area contributed by atoms with Gasteiger partial charge in [0.2, 0.25) is 0 Å². The van der Waals surface area contributed by atoms with Crippen LogP contribution in [0.25, 0.3) is 0 Å². The summed E-state index contributed by atoms with van der Waals surface area (Å²) in [6.07, 6.45) is 2.88. The second kappa shape index (κ2) is 22.4. The summed E-state index contributed by atoms with van der Waals surface area (Å²) in [7, 11) is 0. The average Bonchev–Trinajstić information content (AvgIpc) is 2.73. The lowest BCUT2D eigenvalue weighted by molar-refractivity contribution is -0.497. The van der Waals surface area contributed by atoms with E-state index in [2.05, 4.69) is 49.0 Å². The van der Waals surface area contributed by atoms with E-state index < -0.39 is 6.16 Å². The van der Waals surface area contributed by atoms with E-state index in [-0.39, 0.29) is 0 Å². The minimum atomic E-state index is -1.47. The molecule has 0 aromatic heterocycles. The average molecular weight is 421 g/mol. The Labute approximate surface area is 179 Å². The van der Waals surface area contributed by atoms with Gasteiger partial charge in [0.25, 0.3) is 0 Å². The number of hydrogen-bond acceptors (Lipinski definition) is 8. The normalized spacial score (nSPS) is 12.0. The van der Waals surface area contributed by atoms with E-state index in [1.54, 1.807) is 0 Å². The maximum absolute atomic E-state index is 5.98. The van der Waals surface area contributed by atoms with Crippen molar-refractivity contribution in [3.8, 4) is 0 Å².